The highest BCUT2D eigenvalue weighted by atomic mass is 16.3. The first-order valence-electron chi connectivity index (χ1n) is 7.57. The molecule has 1 heteroatoms. The van der Waals surface area contributed by atoms with Crippen LogP contribution in [-0.2, 0) is 0 Å². The van der Waals surface area contributed by atoms with E-state index in [9.17, 15) is 0 Å². The lowest BCUT2D eigenvalue weighted by atomic mass is 10.1. The van der Waals surface area contributed by atoms with Gasteiger partial charge in [-0.15, -0.1) is 0 Å². The second-order valence-electron chi connectivity index (χ2n) is 5.41. The molecule has 0 aromatic heterocycles. The Morgan fingerprint density at radius 3 is 2.74 bits per heavy atom. The van der Waals surface area contributed by atoms with E-state index < -0.39 is 6.10 Å². The van der Waals surface area contributed by atoms with Crippen LogP contribution in [0.4, 0.5) is 0 Å². The molecule has 1 nitrogen and oxygen atoms in total. The molecular formula is C18H26O. The monoisotopic (exact) mass is 258 g/mol. The molecule has 0 radical (unpaired) electrons. The summed E-state index contributed by atoms with van der Waals surface area (Å²) in [5.41, 5.74) is 0. The van der Waals surface area contributed by atoms with Gasteiger partial charge in [-0.05, 0) is 30.1 Å². The predicted molar refractivity (Wildman–Crippen MR) is 81.3 cm³/mol. The van der Waals surface area contributed by atoms with Gasteiger partial charge in [0.2, 0.25) is 0 Å². The zero-order valence-corrected chi connectivity index (χ0v) is 12.1. The zero-order valence-electron chi connectivity index (χ0n) is 12.1. The molecule has 1 fully saturated rings. The fraction of sp³-hybridized carbons (Fsp3) is 0.667. The molecule has 3 atom stereocenters. The Bertz CT molecular complexity index is 374. The summed E-state index contributed by atoms with van der Waals surface area (Å²) in [6.07, 6.45) is 11.3. The Kier molecular flexibility index (Phi) is 8.11. The molecule has 0 unspecified atom stereocenters. The van der Waals surface area contributed by atoms with Gasteiger partial charge in [0.25, 0.3) is 0 Å². The van der Waals surface area contributed by atoms with Crippen molar-refractivity contribution in [3.63, 3.8) is 0 Å². The van der Waals surface area contributed by atoms with Crippen molar-refractivity contribution >= 4 is 0 Å². The van der Waals surface area contributed by atoms with E-state index in [0.717, 1.165) is 18.3 Å². The van der Waals surface area contributed by atoms with Crippen LogP contribution in [0.3, 0.4) is 0 Å². The Morgan fingerprint density at radius 2 is 2.00 bits per heavy atom. The van der Waals surface area contributed by atoms with Crippen molar-refractivity contribution in [1.29, 1.82) is 0 Å². The second-order valence-corrected chi connectivity index (χ2v) is 5.41. The van der Waals surface area contributed by atoms with Crippen LogP contribution >= 0.6 is 0 Å². The molecule has 0 aliphatic heterocycles. The van der Waals surface area contributed by atoms with Crippen molar-refractivity contribution in [1.82, 2.24) is 0 Å². The predicted octanol–water partition coefficient (Wildman–Crippen LogP) is 3.93. The summed E-state index contributed by atoms with van der Waals surface area (Å²) < 4.78 is 0. The number of hydrogen-bond acceptors (Lipinski definition) is 1. The van der Waals surface area contributed by atoms with Crippen LogP contribution < -0.4 is 0 Å². The normalized spacial score (nSPS) is 21.6. The molecule has 0 saturated heterocycles. The molecule has 104 valence electrons. The standard InChI is InChI=1S/C18H26O/c1-3-5-6-7-9-12-16-15-17(16)13-10-8-11-14-18(19)4-2/h4,16-19H,2-3,5-7,9,12-13,15H2,1H3/t16-,17+,18+/m1/s1. The van der Waals surface area contributed by atoms with E-state index in [-0.39, 0.29) is 0 Å². The minimum atomic E-state index is -0.744. The summed E-state index contributed by atoms with van der Waals surface area (Å²) in [7, 11) is 0. The number of unbranched alkanes of at least 4 members (excludes halogenated alkanes) is 4. The number of hydrogen-bond donors (Lipinski definition) is 1. The van der Waals surface area contributed by atoms with E-state index in [4.69, 9.17) is 5.11 Å². The van der Waals surface area contributed by atoms with Crippen LogP contribution in [-0.4, -0.2) is 11.2 Å². The van der Waals surface area contributed by atoms with Crippen LogP contribution in [0.5, 0.6) is 0 Å². The van der Waals surface area contributed by atoms with Crippen LogP contribution in [0, 0.1) is 35.5 Å². The largest absolute Gasteiger partial charge is 0.377 e. The van der Waals surface area contributed by atoms with Crippen LogP contribution in [0.25, 0.3) is 0 Å². The highest BCUT2D eigenvalue weighted by molar-refractivity contribution is 5.29. The zero-order chi connectivity index (χ0) is 13.9. The molecule has 1 aliphatic carbocycles. The van der Waals surface area contributed by atoms with Gasteiger partial charge in [-0.1, -0.05) is 69.9 Å². The van der Waals surface area contributed by atoms with Gasteiger partial charge in [0.15, 0.2) is 0 Å². The molecule has 19 heavy (non-hydrogen) atoms. The Morgan fingerprint density at radius 1 is 1.21 bits per heavy atom. The summed E-state index contributed by atoms with van der Waals surface area (Å²) in [5, 5.41) is 9.12. The third-order valence-corrected chi connectivity index (χ3v) is 3.71. The van der Waals surface area contributed by atoms with Gasteiger partial charge in [0.1, 0.15) is 6.10 Å². The fourth-order valence-electron chi connectivity index (χ4n) is 2.32. The molecule has 1 rings (SSSR count). The van der Waals surface area contributed by atoms with Crippen molar-refractivity contribution in [3.05, 3.63) is 12.7 Å². The van der Waals surface area contributed by atoms with Crippen molar-refractivity contribution in [2.45, 2.75) is 64.4 Å². The van der Waals surface area contributed by atoms with E-state index in [0.29, 0.717) is 0 Å². The molecule has 0 spiro atoms. The minimum Gasteiger partial charge on any atom is -0.377 e. The topological polar surface area (TPSA) is 20.2 Å². The van der Waals surface area contributed by atoms with Gasteiger partial charge in [-0.2, -0.15) is 0 Å². The van der Waals surface area contributed by atoms with Crippen LogP contribution in [0.2, 0.25) is 0 Å². The number of aliphatic hydroxyl groups is 1. The lowest BCUT2D eigenvalue weighted by molar-refractivity contribution is 0.281. The first-order chi connectivity index (χ1) is 9.27. The van der Waals surface area contributed by atoms with E-state index in [1.165, 1.54) is 51.0 Å². The molecular weight excluding hydrogens is 232 g/mol. The van der Waals surface area contributed by atoms with Crippen molar-refractivity contribution in [3.8, 4) is 23.7 Å². The molecule has 0 aromatic rings. The molecule has 0 heterocycles. The first-order valence-corrected chi connectivity index (χ1v) is 7.57. The molecule has 0 bridgehead atoms. The molecule has 0 aromatic carbocycles. The minimum absolute atomic E-state index is 0.744. The van der Waals surface area contributed by atoms with Crippen LogP contribution in [0.1, 0.15) is 58.3 Å². The van der Waals surface area contributed by atoms with Gasteiger partial charge >= 0.3 is 0 Å². The maximum absolute atomic E-state index is 9.12. The van der Waals surface area contributed by atoms with Crippen molar-refractivity contribution in [2.75, 3.05) is 0 Å². The summed E-state index contributed by atoms with van der Waals surface area (Å²) >= 11 is 0. The first kappa shape index (κ1) is 15.9. The fourth-order valence-corrected chi connectivity index (χ4v) is 2.32. The van der Waals surface area contributed by atoms with Gasteiger partial charge in [-0.25, -0.2) is 0 Å². The van der Waals surface area contributed by atoms with E-state index >= 15 is 0 Å². The summed E-state index contributed by atoms with van der Waals surface area (Å²) in [4.78, 5) is 0. The van der Waals surface area contributed by atoms with E-state index in [1.807, 2.05) is 0 Å². The maximum atomic E-state index is 9.12. The second kappa shape index (κ2) is 9.71. The molecule has 1 saturated carbocycles. The third-order valence-electron chi connectivity index (χ3n) is 3.71. The van der Waals surface area contributed by atoms with Gasteiger partial charge < -0.3 is 5.11 Å². The lowest BCUT2D eigenvalue weighted by Crippen LogP contribution is -1.94. The lowest BCUT2D eigenvalue weighted by Gasteiger charge is -1.98. The average molecular weight is 258 g/mol. The molecule has 1 N–H and O–H groups in total. The van der Waals surface area contributed by atoms with Crippen LogP contribution in [0.15, 0.2) is 12.7 Å². The van der Waals surface area contributed by atoms with E-state index in [2.05, 4.69) is 37.2 Å². The summed E-state index contributed by atoms with van der Waals surface area (Å²) in [6, 6.07) is 0. The van der Waals surface area contributed by atoms with Gasteiger partial charge in [0, 0.05) is 6.42 Å². The maximum Gasteiger partial charge on any atom is 0.134 e. The number of rotatable bonds is 8. The SMILES string of the molecule is C=C[C@H](O)C#CC#CC[C@H]1C[C@H]1CCCCCCC. The highest BCUT2D eigenvalue weighted by Crippen LogP contribution is 2.44. The Labute approximate surface area is 118 Å². The van der Waals surface area contributed by atoms with Crippen molar-refractivity contribution < 1.29 is 5.11 Å². The Balaban J connectivity index is 2.03. The van der Waals surface area contributed by atoms with Crippen molar-refractivity contribution in [2.24, 2.45) is 11.8 Å². The Hall–Kier alpha value is -1.18. The third kappa shape index (κ3) is 7.76. The highest BCUT2D eigenvalue weighted by Gasteiger charge is 2.34. The summed E-state index contributed by atoms with van der Waals surface area (Å²) in [6.45, 7) is 5.71. The average Bonchev–Trinajstić information content (AvgIpc) is 3.16. The smallest absolute Gasteiger partial charge is 0.134 e. The molecule has 0 amide bonds. The van der Waals surface area contributed by atoms with Gasteiger partial charge in [-0.3, -0.25) is 0 Å². The number of aliphatic hydroxyl groups excluding tert-OH is 1. The van der Waals surface area contributed by atoms with Gasteiger partial charge in [0.05, 0.1) is 0 Å². The quantitative estimate of drug-likeness (QED) is 0.397. The van der Waals surface area contributed by atoms with E-state index in [1.54, 1.807) is 0 Å². The summed E-state index contributed by atoms with van der Waals surface area (Å²) in [5.74, 6) is 12.9. The molecule has 1 aliphatic rings.